The molecule has 0 fully saturated rings. The van der Waals surface area contributed by atoms with Crippen LogP contribution in [-0.2, 0) is 13.3 Å². The molecule has 0 spiro atoms. The van der Waals surface area contributed by atoms with Crippen LogP contribution < -0.4 is 11.1 Å². The third kappa shape index (κ3) is 11.3. The third-order valence-corrected chi connectivity index (χ3v) is 6.48. The number of nitrogens with two attached hydrogens (primary N) is 1. The van der Waals surface area contributed by atoms with Gasteiger partial charge in [0, 0.05) is 32.5 Å². The molecule has 6 heteroatoms. The normalized spacial score (nSPS) is 12.0. The Kier molecular flexibility index (Phi) is 14.9. The van der Waals surface area contributed by atoms with E-state index >= 15 is 0 Å². The van der Waals surface area contributed by atoms with Gasteiger partial charge in [-0.15, -0.1) is 0 Å². The van der Waals surface area contributed by atoms with E-state index in [-0.39, 0.29) is 0 Å². The summed E-state index contributed by atoms with van der Waals surface area (Å²) in [6, 6.07) is 0.942. The molecule has 0 atom stereocenters. The van der Waals surface area contributed by atoms with Crippen molar-refractivity contribution < 1.29 is 13.3 Å². The van der Waals surface area contributed by atoms with E-state index in [9.17, 15) is 0 Å². The van der Waals surface area contributed by atoms with E-state index < -0.39 is 8.80 Å². The van der Waals surface area contributed by atoms with E-state index in [0.717, 1.165) is 19.0 Å². The smallest absolute Gasteiger partial charge is 0.374 e. The summed E-state index contributed by atoms with van der Waals surface area (Å²) in [6.07, 6.45) is 7.42. The zero-order valence-corrected chi connectivity index (χ0v) is 15.3. The average Bonchev–Trinajstić information content (AvgIpc) is 2.46. The van der Waals surface area contributed by atoms with Gasteiger partial charge in [-0.3, -0.25) is 0 Å². The van der Waals surface area contributed by atoms with Crippen molar-refractivity contribution in [2.24, 2.45) is 5.73 Å². The highest BCUT2D eigenvalue weighted by Gasteiger charge is 2.39. The van der Waals surface area contributed by atoms with E-state index in [1.165, 1.54) is 32.1 Å². The molecule has 0 amide bonds. The topological polar surface area (TPSA) is 65.7 Å². The van der Waals surface area contributed by atoms with Gasteiger partial charge in [0.15, 0.2) is 0 Å². The average molecular weight is 321 g/mol. The molecule has 0 bridgehead atoms. The van der Waals surface area contributed by atoms with Gasteiger partial charge in [-0.25, -0.2) is 0 Å². The molecule has 0 saturated heterocycles. The largest absolute Gasteiger partial charge is 0.500 e. The molecule has 0 aliphatic heterocycles. The Bertz CT molecular complexity index is 204. The van der Waals surface area contributed by atoms with Crippen molar-refractivity contribution in [3.05, 3.63) is 0 Å². The predicted octanol–water partition coefficient (Wildman–Crippen LogP) is 2.88. The van der Waals surface area contributed by atoms with Crippen LogP contribution >= 0.6 is 0 Å². The molecule has 0 aliphatic carbocycles. The molecule has 0 aromatic rings. The number of nitrogens with one attached hydrogen (secondary N) is 1. The molecule has 0 aliphatic rings. The fourth-order valence-electron chi connectivity index (χ4n) is 2.40. The monoisotopic (exact) mass is 320 g/mol. The molecule has 21 heavy (non-hydrogen) atoms. The second-order valence-electron chi connectivity index (χ2n) is 5.06. The molecule has 0 aromatic heterocycles. The lowest BCUT2D eigenvalue weighted by Crippen LogP contribution is -2.45. The second-order valence-corrected chi connectivity index (χ2v) is 7.79. The summed E-state index contributed by atoms with van der Waals surface area (Å²) in [6.45, 7) is 9.64. The van der Waals surface area contributed by atoms with Crippen molar-refractivity contribution in [3.63, 3.8) is 0 Å². The Balaban J connectivity index is 3.76. The zero-order valence-electron chi connectivity index (χ0n) is 14.3. The van der Waals surface area contributed by atoms with E-state index in [1.807, 2.05) is 20.8 Å². The van der Waals surface area contributed by atoms with Crippen LogP contribution in [0.15, 0.2) is 0 Å². The Morgan fingerprint density at radius 1 is 0.762 bits per heavy atom. The van der Waals surface area contributed by atoms with Gasteiger partial charge < -0.3 is 24.3 Å². The zero-order chi connectivity index (χ0) is 15.8. The minimum absolute atomic E-state index is 0.582. The standard InChI is InChI=1S/C15H36N2O3Si/c1-4-18-21(19-5-2,20-6-3)14-12-10-8-7-9-11-13-17-15-16/h17H,4-16H2,1-3H3. The maximum Gasteiger partial charge on any atom is 0.500 e. The van der Waals surface area contributed by atoms with Gasteiger partial charge in [0.25, 0.3) is 0 Å². The number of hydrogen-bond acceptors (Lipinski definition) is 5. The van der Waals surface area contributed by atoms with Crippen LogP contribution in [0.3, 0.4) is 0 Å². The molecular formula is C15H36N2O3Si. The Hall–Kier alpha value is 0.0169. The number of hydrogen-bond donors (Lipinski definition) is 2. The fourth-order valence-corrected chi connectivity index (χ4v) is 5.09. The van der Waals surface area contributed by atoms with Crippen LogP contribution in [0.5, 0.6) is 0 Å². The summed E-state index contributed by atoms with van der Waals surface area (Å²) in [7, 11) is -2.41. The molecule has 0 heterocycles. The highest BCUT2D eigenvalue weighted by Crippen LogP contribution is 2.20. The molecule has 0 saturated carbocycles. The lowest BCUT2D eigenvalue weighted by molar-refractivity contribution is 0.0706. The summed E-state index contributed by atoms with van der Waals surface area (Å²) in [5, 5.41) is 3.15. The van der Waals surface area contributed by atoms with Crippen LogP contribution in [0.4, 0.5) is 0 Å². The van der Waals surface area contributed by atoms with Crippen LogP contribution in [0.1, 0.15) is 59.3 Å². The Labute approximate surface area is 132 Å². The molecule has 0 aromatic carbocycles. The summed E-state index contributed by atoms with van der Waals surface area (Å²) >= 11 is 0. The van der Waals surface area contributed by atoms with Crippen molar-refractivity contribution in [1.82, 2.24) is 5.32 Å². The van der Waals surface area contributed by atoms with Crippen molar-refractivity contribution in [3.8, 4) is 0 Å². The van der Waals surface area contributed by atoms with Gasteiger partial charge in [-0.05, 0) is 40.2 Å². The van der Waals surface area contributed by atoms with Crippen molar-refractivity contribution >= 4 is 8.80 Å². The molecule has 5 nitrogen and oxygen atoms in total. The van der Waals surface area contributed by atoms with Crippen molar-refractivity contribution in [2.45, 2.75) is 65.3 Å². The van der Waals surface area contributed by atoms with Gasteiger partial charge in [0.2, 0.25) is 0 Å². The molecule has 128 valence electrons. The minimum atomic E-state index is -2.41. The predicted molar refractivity (Wildman–Crippen MR) is 90.2 cm³/mol. The van der Waals surface area contributed by atoms with Crippen LogP contribution in [-0.4, -0.2) is 41.8 Å². The summed E-state index contributed by atoms with van der Waals surface area (Å²) in [5.74, 6) is 0. The lowest BCUT2D eigenvalue weighted by atomic mass is 10.1. The lowest BCUT2D eigenvalue weighted by Gasteiger charge is -2.28. The van der Waals surface area contributed by atoms with Gasteiger partial charge in [0.05, 0.1) is 0 Å². The fraction of sp³-hybridized carbons (Fsp3) is 1.00. The summed E-state index contributed by atoms with van der Waals surface area (Å²) in [4.78, 5) is 0. The molecule has 0 radical (unpaired) electrons. The summed E-state index contributed by atoms with van der Waals surface area (Å²) in [5.41, 5.74) is 5.38. The quantitative estimate of drug-likeness (QED) is 0.260. The van der Waals surface area contributed by atoms with Gasteiger partial charge >= 0.3 is 8.80 Å². The number of unbranched alkanes of at least 4 members (excludes halogenated alkanes) is 5. The SMILES string of the molecule is CCO[Si](CCCCCCCCNCN)(OCC)OCC. The Morgan fingerprint density at radius 2 is 1.24 bits per heavy atom. The molecule has 3 N–H and O–H groups in total. The Morgan fingerprint density at radius 3 is 1.71 bits per heavy atom. The van der Waals surface area contributed by atoms with Crippen molar-refractivity contribution in [1.29, 1.82) is 0 Å². The second kappa shape index (κ2) is 14.9. The van der Waals surface area contributed by atoms with E-state index in [2.05, 4.69) is 5.32 Å². The molecular weight excluding hydrogens is 284 g/mol. The maximum absolute atomic E-state index is 5.86. The first-order valence-corrected chi connectivity index (χ1v) is 10.5. The van der Waals surface area contributed by atoms with Crippen LogP contribution in [0, 0.1) is 0 Å². The first-order valence-electron chi connectivity index (χ1n) is 8.57. The van der Waals surface area contributed by atoms with Crippen LogP contribution in [0.25, 0.3) is 0 Å². The van der Waals surface area contributed by atoms with E-state index in [1.54, 1.807) is 0 Å². The first-order chi connectivity index (χ1) is 10.2. The third-order valence-electron chi connectivity index (χ3n) is 3.32. The molecule has 0 rings (SSSR count). The first kappa shape index (κ1) is 21.0. The minimum Gasteiger partial charge on any atom is -0.374 e. The van der Waals surface area contributed by atoms with Gasteiger partial charge in [0.1, 0.15) is 0 Å². The highest BCUT2D eigenvalue weighted by atomic mass is 28.4. The van der Waals surface area contributed by atoms with Gasteiger partial charge in [-0.1, -0.05) is 25.7 Å². The molecule has 0 unspecified atom stereocenters. The van der Waals surface area contributed by atoms with E-state index in [4.69, 9.17) is 19.0 Å². The van der Waals surface area contributed by atoms with Crippen LogP contribution in [0.2, 0.25) is 6.04 Å². The van der Waals surface area contributed by atoms with Crippen molar-refractivity contribution in [2.75, 3.05) is 33.0 Å². The number of rotatable bonds is 16. The van der Waals surface area contributed by atoms with Gasteiger partial charge in [-0.2, -0.15) is 0 Å². The maximum atomic E-state index is 5.86. The highest BCUT2D eigenvalue weighted by molar-refractivity contribution is 6.60. The van der Waals surface area contributed by atoms with E-state index in [0.29, 0.717) is 26.5 Å². The summed E-state index contributed by atoms with van der Waals surface area (Å²) < 4.78 is 17.6.